The van der Waals surface area contributed by atoms with Crippen molar-refractivity contribution in [2.45, 2.75) is 51.0 Å². The third-order valence-corrected chi connectivity index (χ3v) is 5.42. The highest BCUT2D eigenvalue weighted by atomic mass is 32.1. The summed E-state index contributed by atoms with van der Waals surface area (Å²) in [5.74, 6) is -0.0144. The Hall–Kier alpha value is -1.47. The monoisotopic (exact) mass is 351 g/mol. The number of ether oxygens (including phenoxy) is 1. The van der Waals surface area contributed by atoms with Crippen LogP contribution >= 0.6 is 11.3 Å². The van der Waals surface area contributed by atoms with Crippen LogP contribution in [0, 0.1) is 5.92 Å². The molecule has 0 spiro atoms. The predicted octanol–water partition coefficient (Wildman–Crippen LogP) is 2.67. The van der Waals surface area contributed by atoms with Gasteiger partial charge in [0.15, 0.2) is 5.13 Å². The van der Waals surface area contributed by atoms with Crippen molar-refractivity contribution in [3.05, 3.63) is 11.6 Å². The topological polar surface area (TPSA) is 71.5 Å². The first-order chi connectivity index (χ1) is 11.7. The smallest absolute Gasteiger partial charge is 0.245 e. The molecule has 1 aromatic heterocycles. The molecule has 1 aliphatic carbocycles. The number of rotatable bonds is 6. The van der Waals surface area contributed by atoms with Crippen molar-refractivity contribution >= 4 is 28.3 Å². The van der Waals surface area contributed by atoms with E-state index in [1.54, 1.807) is 11.1 Å². The number of amides is 2. The lowest BCUT2D eigenvalue weighted by atomic mass is 9.88. The van der Waals surface area contributed by atoms with Crippen LogP contribution in [0.3, 0.4) is 0 Å². The highest BCUT2D eigenvalue weighted by molar-refractivity contribution is 7.13. The van der Waals surface area contributed by atoms with E-state index in [0.717, 1.165) is 45.1 Å². The number of nitrogens with zero attached hydrogens (tertiary/aromatic N) is 2. The lowest BCUT2D eigenvalue weighted by Gasteiger charge is -2.30. The summed E-state index contributed by atoms with van der Waals surface area (Å²) in [5.41, 5.74) is 0. The first-order valence-corrected chi connectivity index (χ1v) is 9.70. The Labute approximate surface area is 146 Å². The van der Waals surface area contributed by atoms with Crippen LogP contribution in [0.1, 0.15) is 44.9 Å². The van der Waals surface area contributed by atoms with E-state index in [0.29, 0.717) is 11.7 Å². The number of thiazole rings is 1. The normalized spacial score (nSPS) is 21.6. The van der Waals surface area contributed by atoms with E-state index in [9.17, 15) is 9.59 Å². The average molecular weight is 351 g/mol. The number of nitrogens with one attached hydrogen (secondary N) is 1. The van der Waals surface area contributed by atoms with Gasteiger partial charge in [-0.1, -0.05) is 19.3 Å². The van der Waals surface area contributed by atoms with Crippen molar-refractivity contribution < 1.29 is 14.3 Å². The van der Waals surface area contributed by atoms with Crippen LogP contribution < -0.4 is 5.32 Å². The van der Waals surface area contributed by atoms with Crippen LogP contribution in [0.15, 0.2) is 11.6 Å². The largest absolute Gasteiger partial charge is 0.376 e. The maximum Gasteiger partial charge on any atom is 0.245 e. The zero-order valence-corrected chi connectivity index (χ0v) is 14.7. The van der Waals surface area contributed by atoms with Gasteiger partial charge < -0.3 is 15.0 Å². The molecular weight excluding hydrogens is 326 g/mol. The first kappa shape index (κ1) is 17.4. The molecule has 2 heterocycles. The fourth-order valence-corrected chi connectivity index (χ4v) is 4.04. The highest BCUT2D eigenvalue weighted by Gasteiger charge is 2.30. The number of carbonyl (C=O) groups excluding carboxylic acids is 2. The molecule has 2 aliphatic rings. The molecule has 0 radical (unpaired) electrons. The second-order valence-electron chi connectivity index (χ2n) is 6.57. The van der Waals surface area contributed by atoms with E-state index >= 15 is 0 Å². The van der Waals surface area contributed by atoms with E-state index in [-0.39, 0.29) is 30.4 Å². The molecule has 6 nitrogen and oxygen atoms in total. The minimum Gasteiger partial charge on any atom is -0.376 e. The molecule has 0 bridgehead atoms. The van der Waals surface area contributed by atoms with Crippen molar-refractivity contribution in [3.63, 3.8) is 0 Å². The van der Waals surface area contributed by atoms with Gasteiger partial charge in [-0.15, -0.1) is 11.3 Å². The molecule has 3 rings (SSSR count). The Balaban J connectivity index is 1.61. The summed E-state index contributed by atoms with van der Waals surface area (Å²) >= 11 is 1.38. The highest BCUT2D eigenvalue weighted by Crippen LogP contribution is 2.26. The van der Waals surface area contributed by atoms with Gasteiger partial charge in [-0.25, -0.2) is 4.98 Å². The van der Waals surface area contributed by atoms with E-state index in [1.807, 2.05) is 5.38 Å². The minimum atomic E-state index is -0.188. The number of anilines is 1. The van der Waals surface area contributed by atoms with Gasteiger partial charge >= 0.3 is 0 Å². The fraction of sp³-hybridized carbons (Fsp3) is 0.706. The Morgan fingerprint density at radius 3 is 2.75 bits per heavy atom. The molecule has 1 aromatic rings. The van der Waals surface area contributed by atoms with Gasteiger partial charge in [0.25, 0.3) is 0 Å². The molecular formula is C17H25N3O3S. The van der Waals surface area contributed by atoms with E-state index in [1.165, 1.54) is 17.8 Å². The SMILES string of the molecule is O=C(CN(CC1CCCO1)C(=O)C1CCCCC1)Nc1nccs1. The van der Waals surface area contributed by atoms with Gasteiger partial charge in [-0.05, 0) is 25.7 Å². The number of carbonyl (C=O) groups is 2. The second kappa shape index (κ2) is 8.58. The van der Waals surface area contributed by atoms with Crippen molar-refractivity contribution in [1.82, 2.24) is 9.88 Å². The molecule has 1 atom stereocenters. The molecule has 1 saturated carbocycles. The number of aromatic nitrogens is 1. The molecule has 24 heavy (non-hydrogen) atoms. The van der Waals surface area contributed by atoms with E-state index < -0.39 is 0 Å². The Kier molecular flexibility index (Phi) is 6.20. The maximum atomic E-state index is 12.9. The summed E-state index contributed by atoms with van der Waals surface area (Å²) in [5, 5.41) is 5.15. The van der Waals surface area contributed by atoms with Gasteiger partial charge in [0.1, 0.15) is 6.54 Å². The first-order valence-electron chi connectivity index (χ1n) is 8.82. The lowest BCUT2D eigenvalue weighted by molar-refractivity contribution is -0.140. The van der Waals surface area contributed by atoms with Crippen molar-refractivity contribution in [2.75, 3.05) is 25.0 Å². The standard InChI is InChI=1S/C17H25N3O3S/c21-15(19-17-18-8-10-24-17)12-20(11-14-7-4-9-23-14)16(22)13-5-2-1-3-6-13/h8,10,13-14H,1-7,9,11-12H2,(H,18,19,21). The zero-order valence-electron chi connectivity index (χ0n) is 13.9. The third kappa shape index (κ3) is 4.77. The zero-order chi connectivity index (χ0) is 16.8. The molecule has 132 valence electrons. The van der Waals surface area contributed by atoms with Crippen LogP contribution in [0.25, 0.3) is 0 Å². The van der Waals surface area contributed by atoms with Crippen molar-refractivity contribution in [3.8, 4) is 0 Å². The molecule has 1 N–H and O–H groups in total. The number of hydrogen-bond donors (Lipinski definition) is 1. The summed E-state index contributed by atoms with van der Waals surface area (Å²) in [4.78, 5) is 31.0. The van der Waals surface area contributed by atoms with Crippen LogP contribution in [-0.4, -0.2) is 47.5 Å². The minimum absolute atomic E-state index is 0.0604. The molecule has 2 amide bonds. The Bertz CT molecular complexity index is 537. The van der Waals surface area contributed by atoms with Gasteiger partial charge in [0, 0.05) is 30.6 Å². The van der Waals surface area contributed by atoms with Crippen LogP contribution in [0.5, 0.6) is 0 Å². The molecule has 1 unspecified atom stereocenters. The van der Waals surface area contributed by atoms with Gasteiger partial charge in [0.05, 0.1) is 6.10 Å². The summed E-state index contributed by atoms with van der Waals surface area (Å²) in [6, 6.07) is 0. The summed E-state index contributed by atoms with van der Waals surface area (Å²) in [6.45, 7) is 1.34. The van der Waals surface area contributed by atoms with Crippen molar-refractivity contribution in [2.24, 2.45) is 5.92 Å². The van der Waals surface area contributed by atoms with Gasteiger partial charge in [0.2, 0.25) is 11.8 Å². The van der Waals surface area contributed by atoms with Crippen LogP contribution in [0.4, 0.5) is 5.13 Å². The van der Waals surface area contributed by atoms with Gasteiger partial charge in [-0.3, -0.25) is 9.59 Å². The van der Waals surface area contributed by atoms with Crippen LogP contribution in [-0.2, 0) is 14.3 Å². The maximum absolute atomic E-state index is 12.9. The summed E-state index contributed by atoms with van der Waals surface area (Å²) < 4.78 is 5.67. The quantitative estimate of drug-likeness (QED) is 0.855. The van der Waals surface area contributed by atoms with Crippen LogP contribution in [0.2, 0.25) is 0 Å². The molecule has 1 aliphatic heterocycles. The van der Waals surface area contributed by atoms with Crippen molar-refractivity contribution in [1.29, 1.82) is 0 Å². The summed E-state index contributed by atoms with van der Waals surface area (Å²) in [7, 11) is 0. The Morgan fingerprint density at radius 1 is 1.25 bits per heavy atom. The number of hydrogen-bond acceptors (Lipinski definition) is 5. The Morgan fingerprint density at radius 2 is 2.08 bits per heavy atom. The predicted molar refractivity (Wildman–Crippen MR) is 92.9 cm³/mol. The molecule has 7 heteroatoms. The fourth-order valence-electron chi connectivity index (χ4n) is 3.49. The summed E-state index contributed by atoms with van der Waals surface area (Å²) in [6.07, 6.45) is 9.00. The van der Waals surface area contributed by atoms with E-state index in [2.05, 4.69) is 10.3 Å². The second-order valence-corrected chi connectivity index (χ2v) is 7.47. The molecule has 0 aromatic carbocycles. The third-order valence-electron chi connectivity index (χ3n) is 4.73. The molecule has 1 saturated heterocycles. The molecule has 2 fully saturated rings. The average Bonchev–Trinajstić information content (AvgIpc) is 3.28. The van der Waals surface area contributed by atoms with Gasteiger partial charge in [-0.2, -0.15) is 0 Å². The van der Waals surface area contributed by atoms with E-state index in [4.69, 9.17) is 4.74 Å². The lowest BCUT2D eigenvalue weighted by Crippen LogP contribution is -2.45.